The van der Waals surface area contributed by atoms with Crippen molar-refractivity contribution in [3.8, 4) is 0 Å². The maximum Gasteiger partial charge on any atom is 0.272 e. The second-order valence-corrected chi connectivity index (χ2v) is 13.1. The monoisotopic (exact) mass is 540 g/mol. The second-order valence-electron chi connectivity index (χ2n) is 11.1. The van der Waals surface area contributed by atoms with Gasteiger partial charge in [0.05, 0.1) is 6.26 Å². The maximum absolute atomic E-state index is 13.4. The molecule has 0 bridgehead atoms. The average Bonchev–Trinajstić information content (AvgIpc) is 3.34. The number of piperidine rings is 2. The van der Waals surface area contributed by atoms with Crippen molar-refractivity contribution >= 4 is 21.7 Å². The topological polar surface area (TPSA) is 98.7 Å². The van der Waals surface area contributed by atoms with Crippen LogP contribution in [0.3, 0.4) is 0 Å². The van der Waals surface area contributed by atoms with Gasteiger partial charge in [-0.2, -0.15) is 0 Å². The molecule has 1 N–H and O–H groups in total. The van der Waals surface area contributed by atoms with Gasteiger partial charge in [-0.15, -0.1) is 0 Å². The van der Waals surface area contributed by atoms with Gasteiger partial charge in [-0.3, -0.25) is 4.79 Å². The fourth-order valence-corrected chi connectivity index (χ4v) is 7.14. The smallest absolute Gasteiger partial charge is 0.272 e. The zero-order valence-corrected chi connectivity index (χ0v) is 23.6. The molecule has 0 saturated carbocycles. The van der Waals surface area contributed by atoms with Gasteiger partial charge >= 0.3 is 0 Å². The number of sulfonamides is 1. The minimum absolute atomic E-state index is 0.0221. The molecule has 10 heteroatoms. The van der Waals surface area contributed by atoms with Gasteiger partial charge in [0.15, 0.2) is 0 Å². The highest BCUT2D eigenvalue weighted by Crippen LogP contribution is 2.33. The summed E-state index contributed by atoms with van der Waals surface area (Å²) in [5.74, 6) is 1.17. The van der Waals surface area contributed by atoms with Crippen LogP contribution in [0.5, 0.6) is 0 Å². The molecule has 0 radical (unpaired) electrons. The van der Waals surface area contributed by atoms with Gasteiger partial charge < -0.3 is 15.1 Å². The Kier molecular flexibility index (Phi) is 8.02. The zero-order chi connectivity index (χ0) is 26.9. The molecule has 1 unspecified atom stereocenters. The Morgan fingerprint density at radius 1 is 1.05 bits per heavy atom. The van der Waals surface area contributed by atoms with Crippen molar-refractivity contribution in [1.29, 1.82) is 0 Å². The largest absolute Gasteiger partial charge is 0.369 e. The molecule has 3 aliphatic rings. The molecule has 2 aromatic rings. The molecular weight excluding hydrogens is 500 g/mol. The standard InChI is InChI=1S/C28H40N6O3S/c1-20-26(30-19-31-27(20)29-18-22-9-8-21-6-4-5-7-25(21)22)28(35)34-16-12-24(13-17-34)33-14-10-23(11-15-33)32(2)38(3,36)37/h4-7,19,22-24H,8-18H2,1-3H3,(H,29,30,31). The quantitative estimate of drug-likeness (QED) is 0.577. The van der Waals surface area contributed by atoms with Gasteiger partial charge in [0, 0.05) is 50.2 Å². The molecule has 1 aromatic heterocycles. The van der Waals surface area contributed by atoms with E-state index in [9.17, 15) is 13.2 Å². The van der Waals surface area contributed by atoms with Crippen molar-refractivity contribution in [3.05, 3.63) is 53.0 Å². The van der Waals surface area contributed by atoms with Crippen molar-refractivity contribution in [2.75, 3.05) is 51.3 Å². The first kappa shape index (κ1) is 27.0. The molecule has 1 aliphatic carbocycles. The third-order valence-corrected chi connectivity index (χ3v) is 10.2. The number of benzene rings is 1. The number of nitrogens with one attached hydrogen (secondary N) is 1. The Morgan fingerprint density at radius 2 is 1.76 bits per heavy atom. The Morgan fingerprint density at radius 3 is 2.47 bits per heavy atom. The maximum atomic E-state index is 13.4. The fraction of sp³-hybridized carbons (Fsp3) is 0.607. The Bertz CT molecular complexity index is 1250. The summed E-state index contributed by atoms with van der Waals surface area (Å²) in [4.78, 5) is 26.7. The third kappa shape index (κ3) is 5.72. The summed E-state index contributed by atoms with van der Waals surface area (Å²) in [6, 6.07) is 9.15. The number of hydrogen-bond acceptors (Lipinski definition) is 7. The molecule has 1 aromatic carbocycles. The SMILES string of the molecule is Cc1c(NCC2CCc3ccccc32)ncnc1C(=O)N1CCC(N2CCC(N(C)S(C)(=O)=O)CC2)CC1. The third-order valence-electron chi connectivity index (χ3n) is 8.86. The van der Waals surface area contributed by atoms with E-state index in [0.29, 0.717) is 30.7 Å². The summed E-state index contributed by atoms with van der Waals surface area (Å²) in [5.41, 5.74) is 4.14. The molecule has 2 aliphatic heterocycles. The van der Waals surface area contributed by atoms with Crippen LogP contribution >= 0.6 is 0 Å². The van der Waals surface area contributed by atoms with Crippen LogP contribution in [-0.4, -0.2) is 96.5 Å². The zero-order valence-electron chi connectivity index (χ0n) is 22.8. The molecule has 2 fully saturated rings. The predicted octanol–water partition coefficient (Wildman–Crippen LogP) is 2.89. The highest BCUT2D eigenvalue weighted by molar-refractivity contribution is 7.88. The highest BCUT2D eigenvalue weighted by Gasteiger charge is 2.33. The molecule has 206 valence electrons. The van der Waals surface area contributed by atoms with Gasteiger partial charge in [-0.05, 0) is 69.7 Å². The number of fused-ring (bicyclic) bond motifs is 1. The molecule has 38 heavy (non-hydrogen) atoms. The van der Waals surface area contributed by atoms with E-state index >= 15 is 0 Å². The van der Waals surface area contributed by atoms with Crippen LogP contribution in [-0.2, 0) is 16.4 Å². The Labute approximate surface area is 226 Å². The molecule has 0 spiro atoms. The van der Waals surface area contributed by atoms with Crippen LogP contribution in [0.15, 0.2) is 30.6 Å². The molecular formula is C28H40N6O3S. The minimum Gasteiger partial charge on any atom is -0.369 e. The van der Waals surface area contributed by atoms with Crippen LogP contribution in [0.4, 0.5) is 5.82 Å². The van der Waals surface area contributed by atoms with E-state index in [4.69, 9.17) is 0 Å². The molecule has 3 heterocycles. The lowest BCUT2D eigenvalue weighted by Crippen LogP contribution is -2.52. The number of hydrogen-bond donors (Lipinski definition) is 1. The summed E-state index contributed by atoms with van der Waals surface area (Å²) in [7, 11) is -1.47. The number of aryl methyl sites for hydroxylation is 1. The first-order chi connectivity index (χ1) is 18.2. The van der Waals surface area contributed by atoms with Crippen LogP contribution < -0.4 is 5.32 Å². The van der Waals surface area contributed by atoms with E-state index in [1.807, 2.05) is 11.8 Å². The Hall–Kier alpha value is -2.56. The van der Waals surface area contributed by atoms with Crippen molar-refractivity contribution in [1.82, 2.24) is 24.1 Å². The van der Waals surface area contributed by atoms with E-state index < -0.39 is 10.0 Å². The number of carbonyl (C=O) groups is 1. The molecule has 1 amide bonds. The van der Waals surface area contributed by atoms with E-state index in [-0.39, 0.29) is 11.9 Å². The van der Waals surface area contributed by atoms with Gasteiger partial charge in [0.25, 0.3) is 5.91 Å². The Balaban J connectivity index is 1.14. The van der Waals surface area contributed by atoms with Crippen LogP contribution in [0.2, 0.25) is 0 Å². The van der Waals surface area contributed by atoms with Gasteiger partial charge in [-0.1, -0.05) is 24.3 Å². The number of carbonyl (C=O) groups excluding carboxylic acids is 1. The van der Waals surface area contributed by atoms with Crippen molar-refractivity contribution in [3.63, 3.8) is 0 Å². The number of anilines is 1. The first-order valence-corrected chi connectivity index (χ1v) is 15.7. The summed E-state index contributed by atoms with van der Waals surface area (Å²) < 4.78 is 25.3. The average molecular weight is 541 g/mol. The number of rotatable bonds is 7. The summed E-state index contributed by atoms with van der Waals surface area (Å²) >= 11 is 0. The van der Waals surface area contributed by atoms with Gasteiger partial charge in [0.2, 0.25) is 10.0 Å². The summed E-state index contributed by atoms with van der Waals surface area (Å²) in [6.45, 7) is 5.94. The molecule has 5 rings (SSSR count). The van der Waals surface area contributed by atoms with Crippen LogP contribution in [0, 0.1) is 6.92 Å². The minimum atomic E-state index is -3.16. The second kappa shape index (κ2) is 11.3. The van der Waals surface area contributed by atoms with Crippen molar-refractivity contribution < 1.29 is 13.2 Å². The van der Waals surface area contributed by atoms with E-state index in [1.54, 1.807) is 7.05 Å². The highest BCUT2D eigenvalue weighted by atomic mass is 32.2. The van der Waals surface area contributed by atoms with Crippen LogP contribution in [0.25, 0.3) is 0 Å². The van der Waals surface area contributed by atoms with E-state index in [0.717, 1.165) is 69.5 Å². The molecule has 1 atom stereocenters. The predicted molar refractivity (Wildman–Crippen MR) is 149 cm³/mol. The molecule has 9 nitrogen and oxygen atoms in total. The fourth-order valence-electron chi connectivity index (χ4n) is 6.39. The van der Waals surface area contributed by atoms with E-state index in [1.165, 1.54) is 28.0 Å². The number of amides is 1. The normalized spacial score (nSPS) is 21.6. The number of aromatic nitrogens is 2. The lowest BCUT2D eigenvalue weighted by atomic mass is 9.97. The van der Waals surface area contributed by atoms with Gasteiger partial charge in [-0.25, -0.2) is 22.7 Å². The lowest BCUT2D eigenvalue weighted by molar-refractivity contribution is 0.0542. The number of nitrogens with zero attached hydrogens (tertiary/aromatic N) is 5. The van der Waals surface area contributed by atoms with Crippen LogP contribution in [0.1, 0.15) is 65.2 Å². The van der Waals surface area contributed by atoms with Gasteiger partial charge in [0.1, 0.15) is 17.8 Å². The first-order valence-electron chi connectivity index (χ1n) is 13.8. The van der Waals surface area contributed by atoms with Crippen molar-refractivity contribution in [2.45, 2.75) is 63.5 Å². The lowest BCUT2D eigenvalue weighted by Gasteiger charge is -2.43. The molecule has 2 saturated heterocycles. The van der Waals surface area contributed by atoms with Crippen molar-refractivity contribution in [2.24, 2.45) is 0 Å². The number of likely N-dealkylation sites (tertiary alicyclic amines) is 2. The van der Waals surface area contributed by atoms with E-state index in [2.05, 4.69) is 44.5 Å². The summed E-state index contributed by atoms with van der Waals surface area (Å²) in [6.07, 6.45) is 8.57. The summed E-state index contributed by atoms with van der Waals surface area (Å²) in [5, 5.41) is 3.50.